The van der Waals surface area contributed by atoms with Crippen LogP contribution in [0, 0.1) is 0 Å². The minimum atomic E-state index is 0.0376. The van der Waals surface area contributed by atoms with Gasteiger partial charge in [0.1, 0.15) is 6.10 Å². The molecule has 2 fully saturated rings. The molecule has 4 rings (SSSR count). The molecule has 2 nitrogen and oxygen atoms in total. The van der Waals surface area contributed by atoms with E-state index in [9.17, 15) is 0 Å². The first-order valence-electron chi connectivity index (χ1n) is 9.78. The quantitative estimate of drug-likeness (QED) is 0.761. The fourth-order valence-electron chi connectivity index (χ4n) is 4.65. The van der Waals surface area contributed by atoms with E-state index >= 15 is 0 Å². The summed E-state index contributed by atoms with van der Waals surface area (Å²) in [5.74, 6) is 0. The number of hydrogen-bond donors (Lipinski definition) is 0. The lowest BCUT2D eigenvalue weighted by atomic mass is 9.95. The highest BCUT2D eigenvalue weighted by Crippen LogP contribution is 2.36. The van der Waals surface area contributed by atoms with E-state index in [1.807, 2.05) is 0 Å². The number of piperidine rings is 1. The fourth-order valence-corrected chi connectivity index (χ4v) is 4.65. The maximum absolute atomic E-state index is 6.77. The Labute approximate surface area is 151 Å². The van der Waals surface area contributed by atoms with Crippen molar-refractivity contribution >= 4 is 0 Å². The van der Waals surface area contributed by atoms with E-state index in [1.165, 1.54) is 49.7 Å². The van der Waals surface area contributed by atoms with Gasteiger partial charge in [0.2, 0.25) is 0 Å². The van der Waals surface area contributed by atoms with Crippen LogP contribution in [0.15, 0.2) is 60.7 Å². The zero-order valence-corrected chi connectivity index (χ0v) is 15.2. The minimum absolute atomic E-state index is 0.0376. The molecule has 2 aromatic carbocycles. The van der Waals surface area contributed by atoms with E-state index in [1.54, 1.807) is 0 Å². The van der Waals surface area contributed by atoms with Crippen LogP contribution in [0.2, 0.25) is 0 Å². The molecule has 2 heteroatoms. The van der Waals surface area contributed by atoms with Crippen molar-refractivity contribution < 1.29 is 4.74 Å². The molecule has 2 aliphatic rings. The Morgan fingerprint density at radius 3 is 2.04 bits per heavy atom. The van der Waals surface area contributed by atoms with Crippen LogP contribution >= 0.6 is 0 Å². The number of hydrogen-bond acceptors (Lipinski definition) is 2. The van der Waals surface area contributed by atoms with Crippen LogP contribution in [-0.4, -0.2) is 30.1 Å². The molecule has 2 aliphatic heterocycles. The van der Waals surface area contributed by atoms with Crippen molar-refractivity contribution in [3.63, 3.8) is 0 Å². The Hall–Kier alpha value is -1.64. The highest BCUT2D eigenvalue weighted by molar-refractivity contribution is 5.30. The standard InChI is InChI=1S/C23H29NO/c1-24-20-13-8-14-21(24)17-22(16-15-20)25-23(18-9-4-2-5-10-18)19-11-6-3-7-12-19/h2-7,9-12,20-23H,8,13-17H2,1H3/t20?,21?,22-/m0/s1. The summed E-state index contributed by atoms with van der Waals surface area (Å²) in [6.07, 6.45) is 8.08. The molecule has 0 aliphatic carbocycles. The predicted molar refractivity (Wildman–Crippen MR) is 103 cm³/mol. The van der Waals surface area contributed by atoms with E-state index in [0.29, 0.717) is 12.1 Å². The van der Waals surface area contributed by atoms with Crippen molar-refractivity contribution in [1.29, 1.82) is 0 Å². The topological polar surface area (TPSA) is 12.5 Å². The third-order valence-corrected chi connectivity index (χ3v) is 6.12. The highest BCUT2D eigenvalue weighted by atomic mass is 16.5. The van der Waals surface area contributed by atoms with Crippen LogP contribution in [0.4, 0.5) is 0 Å². The van der Waals surface area contributed by atoms with E-state index in [-0.39, 0.29) is 6.10 Å². The van der Waals surface area contributed by atoms with Gasteiger partial charge in [-0.3, -0.25) is 0 Å². The molecule has 0 saturated carbocycles. The SMILES string of the molecule is CN1C2CCCC1C[C@@H](OC(c1ccccc1)c1ccccc1)CC2. The van der Waals surface area contributed by atoms with Gasteiger partial charge in [-0.05, 0) is 50.3 Å². The molecule has 0 aromatic heterocycles. The number of rotatable bonds is 4. The van der Waals surface area contributed by atoms with Crippen LogP contribution in [-0.2, 0) is 4.74 Å². The molecule has 0 amide bonds. The Morgan fingerprint density at radius 2 is 1.40 bits per heavy atom. The first-order chi connectivity index (χ1) is 12.3. The van der Waals surface area contributed by atoms with Crippen LogP contribution in [0.1, 0.15) is 55.8 Å². The highest BCUT2D eigenvalue weighted by Gasteiger charge is 2.34. The lowest BCUT2D eigenvalue weighted by Crippen LogP contribution is -2.42. The van der Waals surface area contributed by atoms with Crippen LogP contribution in [0.25, 0.3) is 0 Å². The second-order valence-corrected chi connectivity index (χ2v) is 7.68. The molecule has 0 radical (unpaired) electrons. The number of ether oxygens (including phenoxy) is 1. The molecule has 2 unspecified atom stereocenters. The van der Waals surface area contributed by atoms with Crippen LogP contribution in [0.3, 0.4) is 0 Å². The van der Waals surface area contributed by atoms with Gasteiger partial charge in [0.05, 0.1) is 6.10 Å². The first-order valence-corrected chi connectivity index (χ1v) is 9.78. The average Bonchev–Trinajstić information content (AvgIpc) is 2.75. The lowest BCUT2D eigenvalue weighted by molar-refractivity contribution is -0.00778. The summed E-state index contributed by atoms with van der Waals surface area (Å²) in [5.41, 5.74) is 2.52. The van der Waals surface area contributed by atoms with E-state index < -0.39 is 0 Å². The van der Waals surface area contributed by atoms with Crippen molar-refractivity contribution in [3.05, 3.63) is 71.8 Å². The number of benzene rings is 2. The Morgan fingerprint density at radius 1 is 0.800 bits per heavy atom. The normalized spacial score (nSPS) is 27.2. The lowest BCUT2D eigenvalue weighted by Gasteiger charge is -2.38. The summed E-state index contributed by atoms with van der Waals surface area (Å²) >= 11 is 0. The minimum Gasteiger partial charge on any atom is -0.365 e. The average molecular weight is 335 g/mol. The third-order valence-electron chi connectivity index (χ3n) is 6.12. The fraction of sp³-hybridized carbons (Fsp3) is 0.478. The molecule has 0 spiro atoms. The van der Waals surface area contributed by atoms with Crippen LogP contribution in [0.5, 0.6) is 0 Å². The molecular formula is C23H29NO. The Kier molecular flexibility index (Phi) is 5.19. The largest absolute Gasteiger partial charge is 0.365 e. The zero-order chi connectivity index (χ0) is 17.1. The van der Waals surface area contributed by atoms with Gasteiger partial charge in [-0.2, -0.15) is 0 Å². The van der Waals surface area contributed by atoms with Gasteiger partial charge in [-0.1, -0.05) is 67.1 Å². The maximum atomic E-state index is 6.77. The number of fused-ring (bicyclic) bond motifs is 2. The van der Waals surface area contributed by atoms with E-state index in [4.69, 9.17) is 4.74 Å². The van der Waals surface area contributed by atoms with Gasteiger partial charge in [0.25, 0.3) is 0 Å². The molecular weight excluding hydrogens is 306 g/mol. The van der Waals surface area contributed by atoms with Crippen molar-refractivity contribution in [2.24, 2.45) is 0 Å². The molecule has 3 atom stereocenters. The molecule has 132 valence electrons. The molecule has 2 aromatic rings. The zero-order valence-electron chi connectivity index (χ0n) is 15.2. The summed E-state index contributed by atoms with van der Waals surface area (Å²) in [7, 11) is 2.32. The van der Waals surface area contributed by atoms with Gasteiger partial charge in [-0.25, -0.2) is 0 Å². The summed E-state index contributed by atoms with van der Waals surface area (Å²) in [6.45, 7) is 0. The Bertz CT molecular complexity index is 617. The smallest absolute Gasteiger partial charge is 0.108 e. The summed E-state index contributed by atoms with van der Waals surface area (Å²) in [4.78, 5) is 2.63. The molecule has 2 heterocycles. The maximum Gasteiger partial charge on any atom is 0.108 e. The van der Waals surface area contributed by atoms with E-state index in [2.05, 4.69) is 72.6 Å². The summed E-state index contributed by atoms with van der Waals surface area (Å²) in [5, 5.41) is 0. The summed E-state index contributed by atoms with van der Waals surface area (Å²) in [6, 6.07) is 22.8. The monoisotopic (exact) mass is 335 g/mol. The van der Waals surface area contributed by atoms with Crippen molar-refractivity contribution in [3.8, 4) is 0 Å². The van der Waals surface area contributed by atoms with Crippen molar-refractivity contribution in [2.75, 3.05) is 7.05 Å². The Balaban J connectivity index is 1.56. The van der Waals surface area contributed by atoms with E-state index in [0.717, 1.165) is 6.04 Å². The second-order valence-electron chi connectivity index (χ2n) is 7.68. The van der Waals surface area contributed by atoms with Gasteiger partial charge in [0, 0.05) is 12.1 Å². The van der Waals surface area contributed by atoms with Gasteiger partial charge in [0.15, 0.2) is 0 Å². The summed E-state index contributed by atoms with van der Waals surface area (Å²) < 4.78 is 6.77. The van der Waals surface area contributed by atoms with Gasteiger partial charge >= 0.3 is 0 Å². The molecule has 0 N–H and O–H groups in total. The molecule has 25 heavy (non-hydrogen) atoms. The molecule has 2 saturated heterocycles. The van der Waals surface area contributed by atoms with Crippen molar-refractivity contribution in [1.82, 2.24) is 4.90 Å². The number of nitrogens with zero attached hydrogens (tertiary/aromatic N) is 1. The van der Waals surface area contributed by atoms with Crippen LogP contribution < -0.4 is 0 Å². The van der Waals surface area contributed by atoms with Gasteiger partial charge < -0.3 is 9.64 Å². The predicted octanol–water partition coefficient (Wildman–Crippen LogP) is 5.20. The van der Waals surface area contributed by atoms with Crippen molar-refractivity contribution in [2.45, 2.75) is 62.8 Å². The first kappa shape index (κ1) is 16.8. The third kappa shape index (κ3) is 3.80. The van der Waals surface area contributed by atoms with Gasteiger partial charge in [-0.15, -0.1) is 0 Å². The second kappa shape index (κ2) is 7.72. The molecule has 2 bridgehead atoms.